The van der Waals surface area contributed by atoms with Crippen LogP contribution in [0.3, 0.4) is 0 Å². The van der Waals surface area contributed by atoms with Gasteiger partial charge in [-0.25, -0.2) is 0 Å². The molecule has 2 N–H and O–H groups in total. The molecule has 5 nitrogen and oxygen atoms in total. The minimum atomic E-state index is -0.0788. The number of esters is 1. The van der Waals surface area contributed by atoms with Gasteiger partial charge in [0.1, 0.15) is 6.04 Å². The van der Waals surface area contributed by atoms with Gasteiger partial charge in [0.2, 0.25) is 0 Å². The quantitative estimate of drug-likeness (QED) is 0.514. The van der Waals surface area contributed by atoms with Crippen molar-refractivity contribution in [1.82, 2.24) is 4.90 Å². The standard InChI is InChI=1S/C15H30N2O3/c1-3-6-14(15(18)19-4-2)17-10-7-13(8-11-17)20-12-5-9-16/h13-14H,3-12,16H2,1-2H3. The highest BCUT2D eigenvalue weighted by atomic mass is 16.5. The minimum absolute atomic E-state index is 0.0724. The molecule has 1 unspecified atom stereocenters. The Bertz CT molecular complexity index is 266. The first-order chi connectivity index (χ1) is 9.72. The monoisotopic (exact) mass is 286 g/mol. The highest BCUT2D eigenvalue weighted by Crippen LogP contribution is 2.19. The molecule has 0 amide bonds. The number of piperidine rings is 1. The minimum Gasteiger partial charge on any atom is -0.465 e. The molecule has 0 saturated carbocycles. The molecule has 1 aliphatic rings. The van der Waals surface area contributed by atoms with Gasteiger partial charge in [-0.15, -0.1) is 0 Å². The molecule has 0 aliphatic carbocycles. The van der Waals surface area contributed by atoms with Crippen molar-refractivity contribution >= 4 is 5.97 Å². The van der Waals surface area contributed by atoms with Crippen molar-refractivity contribution in [3.8, 4) is 0 Å². The van der Waals surface area contributed by atoms with Gasteiger partial charge >= 0.3 is 5.97 Å². The summed E-state index contributed by atoms with van der Waals surface area (Å²) in [5.74, 6) is -0.0724. The van der Waals surface area contributed by atoms with Crippen molar-refractivity contribution in [1.29, 1.82) is 0 Å². The summed E-state index contributed by atoms with van der Waals surface area (Å²) in [6, 6.07) is -0.0788. The normalized spacial score (nSPS) is 18.9. The van der Waals surface area contributed by atoms with Crippen LogP contribution in [-0.2, 0) is 14.3 Å². The van der Waals surface area contributed by atoms with Crippen LogP contribution in [0.4, 0.5) is 0 Å². The van der Waals surface area contributed by atoms with Crippen LogP contribution in [0.2, 0.25) is 0 Å². The molecular weight excluding hydrogens is 256 g/mol. The van der Waals surface area contributed by atoms with E-state index >= 15 is 0 Å². The lowest BCUT2D eigenvalue weighted by Crippen LogP contribution is -2.47. The lowest BCUT2D eigenvalue weighted by molar-refractivity contribution is -0.151. The molecule has 1 saturated heterocycles. The van der Waals surface area contributed by atoms with Crippen molar-refractivity contribution in [2.45, 2.75) is 58.1 Å². The third kappa shape index (κ3) is 5.77. The molecule has 1 heterocycles. The van der Waals surface area contributed by atoms with Crippen molar-refractivity contribution in [2.75, 3.05) is 32.8 Å². The third-order valence-electron chi connectivity index (χ3n) is 3.74. The summed E-state index contributed by atoms with van der Waals surface area (Å²) in [6.07, 6.45) is 5.09. The summed E-state index contributed by atoms with van der Waals surface area (Å²) in [5.41, 5.74) is 5.46. The molecule has 0 aromatic carbocycles. The van der Waals surface area contributed by atoms with Gasteiger partial charge in [-0.05, 0) is 39.2 Å². The fourth-order valence-electron chi connectivity index (χ4n) is 2.65. The highest BCUT2D eigenvalue weighted by molar-refractivity contribution is 5.75. The maximum Gasteiger partial charge on any atom is 0.323 e. The van der Waals surface area contributed by atoms with Crippen LogP contribution in [0, 0.1) is 0 Å². The van der Waals surface area contributed by atoms with Gasteiger partial charge in [0, 0.05) is 19.7 Å². The summed E-state index contributed by atoms with van der Waals surface area (Å²) in [7, 11) is 0. The first kappa shape index (κ1) is 17.4. The SMILES string of the molecule is CCCC(C(=O)OCC)N1CCC(OCCCN)CC1. The average Bonchev–Trinajstić information content (AvgIpc) is 2.46. The first-order valence-corrected chi connectivity index (χ1v) is 7.95. The van der Waals surface area contributed by atoms with E-state index in [1.807, 2.05) is 6.92 Å². The van der Waals surface area contributed by atoms with E-state index in [0.717, 1.165) is 51.8 Å². The van der Waals surface area contributed by atoms with Gasteiger partial charge in [-0.2, -0.15) is 0 Å². The van der Waals surface area contributed by atoms with E-state index < -0.39 is 0 Å². The molecule has 1 atom stereocenters. The number of hydrogen-bond donors (Lipinski definition) is 1. The maximum atomic E-state index is 12.0. The Morgan fingerprint density at radius 1 is 1.35 bits per heavy atom. The summed E-state index contributed by atoms with van der Waals surface area (Å²) in [4.78, 5) is 14.3. The van der Waals surface area contributed by atoms with Crippen molar-refractivity contribution in [3.05, 3.63) is 0 Å². The Balaban J connectivity index is 2.38. The van der Waals surface area contributed by atoms with Gasteiger partial charge in [-0.3, -0.25) is 9.69 Å². The predicted octanol–water partition coefficient (Wildman–Crippen LogP) is 1.55. The van der Waals surface area contributed by atoms with E-state index in [9.17, 15) is 4.79 Å². The van der Waals surface area contributed by atoms with Crippen molar-refractivity contribution in [3.63, 3.8) is 0 Å². The molecule has 118 valence electrons. The smallest absolute Gasteiger partial charge is 0.323 e. The maximum absolute atomic E-state index is 12.0. The molecular formula is C15H30N2O3. The van der Waals surface area contributed by atoms with Crippen molar-refractivity contribution in [2.24, 2.45) is 5.73 Å². The predicted molar refractivity (Wildman–Crippen MR) is 79.5 cm³/mol. The number of carbonyl (C=O) groups is 1. The van der Waals surface area contributed by atoms with E-state index in [0.29, 0.717) is 19.3 Å². The Kier molecular flexibility index (Phi) is 8.82. The number of carbonyl (C=O) groups excluding carboxylic acids is 1. The molecule has 0 spiro atoms. The van der Waals surface area contributed by atoms with Gasteiger partial charge < -0.3 is 15.2 Å². The summed E-state index contributed by atoms with van der Waals surface area (Å²) in [6.45, 7) is 7.68. The molecule has 1 fully saturated rings. The molecule has 20 heavy (non-hydrogen) atoms. The third-order valence-corrected chi connectivity index (χ3v) is 3.74. The Labute approximate surface area is 122 Å². The number of likely N-dealkylation sites (tertiary alicyclic amines) is 1. The summed E-state index contributed by atoms with van der Waals surface area (Å²) in [5, 5.41) is 0. The largest absolute Gasteiger partial charge is 0.465 e. The fraction of sp³-hybridized carbons (Fsp3) is 0.933. The zero-order chi connectivity index (χ0) is 14.8. The molecule has 0 bridgehead atoms. The Morgan fingerprint density at radius 3 is 2.60 bits per heavy atom. The van der Waals surface area contributed by atoms with Crippen LogP contribution >= 0.6 is 0 Å². The van der Waals surface area contributed by atoms with E-state index in [1.165, 1.54) is 0 Å². The second-order valence-corrected chi connectivity index (χ2v) is 5.30. The number of hydrogen-bond acceptors (Lipinski definition) is 5. The number of rotatable bonds is 9. The van der Waals surface area contributed by atoms with E-state index in [1.54, 1.807) is 0 Å². The number of nitrogens with two attached hydrogens (primary N) is 1. The van der Waals surface area contributed by atoms with Crippen LogP contribution < -0.4 is 5.73 Å². The van der Waals surface area contributed by atoms with Crippen LogP contribution in [-0.4, -0.2) is 55.9 Å². The van der Waals surface area contributed by atoms with Crippen LogP contribution in [0.1, 0.15) is 46.0 Å². The van der Waals surface area contributed by atoms with Gasteiger partial charge in [0.25, 0.3) is 0 Å². The second-order valence-electron chi connectivity index (χ2n) is 5.30. The van der Waals surface area contributed by atoms with E-state index in [-0.39, 0.29) is 12.0 Å². The highest BCUT2D eigenvalue weighted by Gasteiger charge is 2.30. The first-order valence-electron chi connectivity index (χ1n) is 7.95. The molecule has 1 rings (SSSR count). The lowest BCUT2D eigenvalue weighted by Gasteiger charge is -2.36. The topological polar surface area (TPSA) is 64.8 Å². The lowest BCUT2D eigenvalue weighted by atomic mass is 10.0. The van der Waals surface area contributed by atoms with Crippen LogP contribution in [0.25, 0.3) is 0 Å². The Hall–Kier alpha value is -0.650. The van der Waals surface area contributed by atoms with Gasteiger partial charge in [0.15, 0.2) is 0 Å². The molecule has 5 heteroatoms. The van der Waals surface area contributed by atoms with E-state index in [2.05, 4.69) is 11.8 Å². The number of nitrogens with zero attached hydrogens (tertiary/aromatic N) is 1. The second kappa shape index (κ2) is 10.1. The summed E-state index contributed by atoms with van der Waals surface area (Å²) < 4.78 is 11.0. The van der Waals surface area contributed by atoms with E-state index in [4.69, 9.17) is 15.2 Å². The van der Waals surface area contributed by atoms with Gasteiger partial charge in [0.05, 0.1) is 12.7 Å². The van der Waals surface area contributed by atoms with Gasteiger partial charge in [-0.1, -0.05) is 13.3 Å². The zero-order valence-electron chi connectivity index (χ0n) is 13.0. The van der Waals surface area contributed by atoms with Crippen LogP contribution in [0.5, 0.6) is 0 Å². The average molecular weight is 286 g/mol. The zero-order valence-corrected chi connectivity index (χ0v) is 13.0. The molecule has 1 aliphatic heterocycles. The van der Waals surface area contributed by atoms with Crippen LogP contribution in [0.15, 0.2) is 0 Å². The molecule has 0 aromatic rings. The summed E-state index contributed by atoms with van der Waals surface area (Å²) >= 11 is 0. The molecule has 0 radical (unpaired) electrons. The number of ether oxygens (including phenoxy) is 2. The fourth-order valence-corrected chi connectivity index (χ4v) is 2.65. The molecule has 0 aromatic heterocycles. The van der Waals surface area contributed by atoms with Crippen molar-refractivity contribution < 1.29 is 14.3 Å². The Morgan fingerprint density at radius 2 is 2.05 bits per heavy atom.